The number of methoxy groups -OCH3 is 2. The standard InChI is InChI=1S/C19H20N4O3/c1-13(14-4-6-15(7-5-14)23-12-20-11-21-23)22-19(24)17-9-8-16(25-2)10-18(17)26-3/h4-13H,1-3H3,(H,22,24). The number of nitrogens with zero attached hydrogens (tertiary/aromatic N) is 3. The lowest BCUT2D eigenvalue weighted by Gasteiger charge is -2.16. The molecule has 0 aliphatic heterocycles. The smallest absolute Gasteiger partial charge is 0.255 e. The summed E-state index contributed by atoms with van der Waals surface area (Å²) in [5.41, 5.74) is 2.34. The predicted octanol–water partition coefficient (Wildman–Crippen LogP) is 2.78. The highest BCUT2D eigenvalue weighted by molar-refractivity contribution is 5.97. The van der Waals surface area contributed by atoms with Crippen LogP contribution in [0.4, 0.5) is 0 Å². The molecule has 1 amide bonds. The number of amides is 1. The molecule has 7 heteroatoms. The van der Waals surface area contributed by atoms with E-state index in [1.54, 1.807) is 36.3 Å². The molecule has 0 saturated carbocycles. The Balaban J connectivity index is 1.73. The molecule has 0 fully saturated rings. The molecular formula is C19H20N4O3. The number of hydrogen-bond donors (Lipinski definition) is 1. The van der Waals surface area contributed by atoms with Gasteiger partial charge in [0.2, 0.25) is 0 Å². The van der Waals surface area contributed by atoms with Crippen LogP contribution in [0.15, 0.2) is 55.1 Å². The van der Waals surface area contributed by atoms with Crippen LogP contribution in [0.25, 0.3) is 5.69 Å². The van der Waals surface area contributed by atoms with Crippen LogP contribution in [0, 0.1) is 0 Å². The first-order chi connectivity index (χ1) is 12.6. The molecular weight excluding hydrogens is 332 g/mol. The maximum atomic E-state index is 12.6. The van der Waals surface area contributed by atoms with Crippen LogP contribution >= 0.6 is 0 Å². The van der Waals surface area contributed by atoms with Crippen LogP contribution in [0.2, 0.25) is 0 Å². The molecule has 1 aromatic heterocycles. The molecule has 1 atom stereocenters. The van der Waals surface area contributed by atoms with Crippen molar-refractivity contribution in [3.8, 4) is 17.2 Å². The van der Waals surface area contributed by atoms with Crippen LogP contribution in [-0.2, 0) is 0 Å². The number of hydrogen-bond acceptors (Lipinski definition) is 5. The molecule has 3 aromatic rings. The normalized spacial score (nSPS) is 11.7. The molecule has 7 nitrogen and oxygen atoms in total. The average Bonchev–Trinajstić information content (AvgIpc) is 3.22. The summed E-state index contributed by atoms with van der Waals surface area (Å²) in [6.45, 7) is 1.93. The molecule has 26 heavy (non-hydrogen) atoms. The van der Waals surface area contributed by atoms with E-state index in [0.717, 1.165) is 11.3 Å². The van der Waals surface area contributed by atoms with Crippen molar-refractivity contribution >= 4 is 5.91 Å². The number of nitrogens with one attached hydrogen (secondary N) is 1. The summed E-state index contributed by atoms with van der Waals surface area (Å²) in [5, 5.41) is 7.08. The minimum atomic E-state index is -0.211. The number of aromatic nitrogens is 3. The van der Waals surface area contributed by atoms with E-state index in [0.29, 0.717) is 17.1 Å². The van der Waals surface area contributed by atoms with E-state index in [9.17, 15) is 4.79 Å². The monoisotopic (exact) mass is 352 g/mol. The van der Waals surface area contributed by atoms with Crippen LogP contribution in [-0.4, -0.2) is 34.9 Å². The van der Waals surface area contributed by atoms with Gasteiger partial charge in [-0.2, -0.15) is 5.10 Å². The molecule has 1 unspecified atom stereocenters. The zero-order valence-corrected chi connectivity index (χ0v) is 14.8. The quantitative estimate of drug-likeness (QED) is 0.738. The van der Waals surface area contributed by atoms with Gasteiger partial charge in [-0.15, -0.1) is 0 Å². The third kappa shape index (κ3) is 3.66. The Labute approximate surface area is 151 Å². The largest absolute Gasteiger partial charge is 0.497 e. The Morgan fingerprint density at radius 3 is 2.50 bits per heavy atom. The van der Waals surface area contributed by atoms with E-state index in [1.807, 2.05) is 31.2 Å². The fourth-order valence-corrected chi connectivity index (χ4v) is 2.60. The fourth-order valence-electron chi connectivity index (χ4n) is 2.60. The lowest BCUT2D eigenvalue weighted by atomic mass is 10.1. The van der Waals surface area contributed by atoms with Crippen LogP contribution < -0.4 is 14.8 Å². The molecule has 1 heterocycles. The first-order valence-electron chi connectivity index (χ1n) is 8.10. The highest BCUT2D eigenvalue weighted by Gasteiger charge is 2.16. The molecule has 0 bridgehead atoms. The van der Waals surface area contributed by atoms with Gasteiger partial charge in [-0.3, -0.25) is 4.79 Å². The summed E-state index contributed by atoms with van der Waals surface area (Å²) in [4.78, 5) is 16.5. The second-order valence-electron chi connectivity index (χ2n) is 5.69. The SMILES string of the molecule is COc1ccc(C(=O)NC(C)c2ccc(-n3cncn3)cc2)c(OC)c1. The molecule has 2 aromatic carbocycles. The highest BCUT2D eigenvalue weighted by atomic mass is 16.5. The van der Waals surface area contributed by atoms with Gasteiger partial charge in [0.05, 0.1) is 31.5 Å². The van der Waals surface area contributed by atoms with Gasteiger partial charge in [-0.1, -0.05) is 12.1 Å². The number of ether oxygens (including phenoxy) is 2. The van der Waals surface area contributed by atoms with Crippen molar-refractivity contribution in [1.29, 1.82) is 0 Å². The van der Waals surface area contributed by atoms with Gasteiger partial charge in [0, 0.05) is 6.07 Å². The second kappa shape index (κ2) is 7.69. The molecule has 0 aliphatic carbocycles. The number of rotatable bonds is 6. The maximum absolute atomic E-state index is 12.6. The van der Waals surface area contributed by atoms with Crippen LogP contribution in [0.5, 0.6) is 11.5 Å². The Bertz CT molecular complexity index is 876. The van der Waals surface area contributed by atoms with Gasteiger partial charge in [-0.25, -0.2) is 9.67 Å². The molecule has 0 radical (unpaired) electrons. The van der Waals surface area contributed by atoms with Crippen molar-refractivity contribution < 1.29 is 14.3 Å². The van der Waals surface area contributed by atoms with E-state index in [4.69, 9.17) is 9.47 Å². The number of carbonyl (C=O) groups excluding carboxylic acids is 1. The van der Waals surface area contributed by atoms with E-state index in [2.05, 4.69) is 15.4 Å². The van der Waals surface area contributed by atoms with Crippen molar-refractivity contribution in [2.45, 2.75) is 13.0 Å². The molecule has 3 rings (SSSR count). The van der Waals surface area contributed by atoms with Crippen LogP contribution in [0.3, 0.4) is 0 Å². The summed E-state index contributed by atoms with van der Waals surface area (Å²) in [7, 11) is 3.09. The van der Waals surface area contributed by atoms with Gasteiger partial charge in [0.15, 0.2) is 0 Å². The summed E-state index contributed by atoms with van der Waals surface area (Å²) >= 11 is 0. The van der Waals surface area contributed by atoms with Crippen molar-refractivity contribution in [1.82, 2.24) is 20.1 Å². The van der Waals surface area contributed by atoms with Crippen molar-refractivity contribution in [3.63, 3.8) is 0 Å². The lowest BCUT2D eigenvalue weighted by molar-refractivity contribution is 0.0937. The fraction of sp³-hybridized carbons (Fsp3) is 0.211. The van der Waals surface area contributed by atoms with E-state index in [1.165, 1.54) is 13.4 Å². The van der Waals surface area contributed by atoms with Crippen molar-refractivity contribution in [3.05, 3.63) is 66.2 Å². The average molecular weight is 352 g/mol. The summed E-state index contributed by atoms with van der Waals surface area (Å²) in [6, 6.07) is 12.7. The maximum Gasteiger partial charge on any atom is 0.255 e. The number of carbonyl (C=O) groups is 1. The van der Waals surface area contributed by atoms with E-state index < -0.39 is 0 Å². The van der Waals surface area contributed by atoms with E-state index >= 15 is 0 Å². The Hall–Kier alpha value is -3.35. The van der Waals surface area contributed by atoms with Gasteiger partial charge in [0.1, 0.15) is 24.2 Å². The topological polar surface area (TPSA) is 78.3 Å². The summed E-state index contributed by atoms with van der Waals surface area (Å²) in [6.07, 6.45) is 3.12. The molecule has 1 N–H and O–H groups in total. The first kappa shape index (κ1) is 17.5. The van der Waals surface area contributed by atoms with Gasteiger partial charge in [-0.05, 0) is 36.8 Å². The minimum absolute atomic E-state index is 0.167. The third-order valence-corrected chi connectivity index (χ3v) is 4.08. The minimum Gasteiger partial charge on any atom is -0.497 e. The molecule has 0 aliphatic rings. The number of benzene rings is 2. The molecule has 0 spiro atoms. The lowest BCUT2D eigenvalue weighted by Crippen LogP contribution is -2.27. The zero-order chi connectivity index (χ0) is 18.5. The Morgan fingerprint density at radius 1 is 1.12 bits per heavy atom. The molecule has 134 valence electrons. The molecule has 0 saturated heterocycles. The van der Waals surface area contributed by atoms with Gasteiger partial charge < -0.3 is 14.8 Å². The zero-order valence-electron chi connectivity index (χ0n) is 14.8. The summed E-state index contributed by atoms with van der Waals surface area (Å²) in [5.74, 6) is 0.892. The summed E-state index contributed by atoms with van der Waals surface area (Å²) < 4.78 is 12.1. The first-order valence-corrected chi connectivity index (χ1v) is 8.10. The third-order valence-electron chi connectivity index (χ3n) is 4.08. The van der Waals surface area contributed by atoms with Crippen molar-refractivity contribution in [2.75, 3.05) is 14.2 Å². The predicted molar refractivity (Wildman–Crippen MR) is 96.8 cm³/mol. The Kier molecular flexibility index (Phi) is 5.17. The van der Waals surface area contributed by atoms with E-state index in [-0.39, 0.29) is 11.9 Å². The van der Waals surface area contributed by atoms with Gasteiger partial charge >= 0.3 is 0 Å². The Morgan fingerprint density at radius 2 is 1.88 bits per heavy atom. The van der Waals surface area contributed by atoms with Gasteiger partial charge in [0.25, 0.3) is 5.91 Å². The van der Waals surface area contributed by atoms with Crippen molar-refractivity contribution in [2.24, 2.45) is 0 Å². The van der Waals surface area contributed by atoms with Crippen LogP contribution in [0.1, 0.15) is 28.9 Å². The highest BCUT2D eigenvalue weighted by Crippen LogP contribution is 2.25. The second-order valence-corrected chi connectivity index (χ2v) is 5.69.